The number of hydrogen-bond acceptors (Lipinski definition) is 3. The van der Waals surface area contributed by atoms with Crippen LogP contribution in [-0.4, -0.2) is 25.4 Å². The van der Waals surface area contributed by atoms with Gasteiger partial charge in [0.1, 0.15) is 6.67 Å². The molecule has 2 rings (SSSR count). The number of hydrogen-bond donors (Lipinski definition) is 2. The molecule has 68 valence electrons. The summed E-state index contributed by atoms with van der Waals surface area (Å²) in [6, 6.07) is 0.170. The van der Waals surface area contributed by atoms with Crippen LogP contribution in [0.5, 0.6) is 0 Å². The van der Waals surface area contributed by atoms with Crippen molar-refractivity contribution in [1.82, 2.24) is 14.3 Å². The first-order chi connectivity index (χ1) is 5.68. The first-order valence-electron chi connectivity index (χ1n) is 3.88. The summed E-state index contributed by atoms with van der Waals surface area (Å²) in [5, 5.41) is 2.80. The average molecular weight is 189 g/mol. The van der Waals surface area contributed by atoms with Crippen molar-refractivity contribution in [2.45, 2.75) is 18.9 Å². The van der Waals surface area contributed by atoms with Gasteiger partial charge in [0.05, 0.1) is 0 Å². The van der Waals surface area contributed by atoms with Crippen LogP contribution in [0.25, 0.3) is 0 Å². The number of nitrogens with zero attached hydrogens (tertiary/aromatic N) is 1. The molecule has 5 nitrogen and oxygen atoms in total. The molecule has 1 heterocycles. The van der Waals surface area contributed by atoms with Crippen LogP contribution in [0.15, 0.2) is 12.4 Å². The summed E-state index contributed by atoms with van der Waals surface area (Å²) < 4.78 is 26.6. The Kier molecular flexibility index (Phi) is 1.73. The highest BCUT2D eigenvalue weighted by molar-refractivity contribution is 7.87. The summed E-state index contributed by atoms with van der Waals surface area (Å²) in [4.78, 5) is 0. The second-order valence-electron chi connectivity index (χ2n) is 2.96. The Balaban J connectivity index is 2.03. The molecule has 0 amide bonds. The molecular weight excluding hydrogens is 178 g/mol. The van der Waals surface area contributed by atoms with E-state index in [9.17, 15) is 8.42 Å². The Hall–Kier alpha value is -0.750. The summed E-state index contributed by atoms with van der Waals surface area (Å²) in [7, 11) is -3.26. The second-order valence-corrected chi connectivity index (χ2v) is 4.62. The van der Waals surface area contributed by atoms with Crippen LogP contribution >= 0.6 is 0 Å². The summed E-state index contributed by atoms with van der Waals surface area (Å²) in [6.07, 6.45) is 5.06. The molecule has 0 unspecified atom stereocenters. The SMILES string of the molecule is O=S(=O)(NC1CC1)N1C=CNC1. The van der Waals surface area contributed by atoms with E-state index in [2.05, 4.69) is 10.0 Å². The van der Waals surface area contributed by atoms with Gasteiger partial charge in [0.25, 0.3) is 0 Å². The van der Waals surface area contributed by atoms with Gasteiger partial charge in [-0.3, -0.25) is 0 Å². The molecule has 1 aliphatic carbocycles. The van der Waals surface area contributed by atoms with Gasteiger partial charge >= 0.3 is 10.2 Å². The molecule has 0 aromatic heterocycles. The standard InChI is InChI=1S/C6H11N3O2S/c10-12(11,8-6-1-2-6)9-4-3-7-5-9/h3-4,6-8H,1-2,5H2. The van der Waals surface area contributed by atoms with E-state index in [1.54, 1.807) is 6.20 Å². The minimum atomic E-state index is -3.26. The zero-order valence-corrected chi connectivity index (χ0v) is 7.34. The first-order valence-corrected chi connectivity index (χ1v) is 5.32. The van der Waals surface area contributed by atoms with Gasteiger partial charge in [-0.25, -0.2) is 4.31 Å². The van der Waals surface area contributed by atoms with Gasteiger partial charge < -0.3 is 5.32 Å². The highest BCUT2D eigenvalue weighted by Gasteiger charge is 2.30. The molecule has 0 atom stereocenters. The Morgan fingerprint density at radius 2 is 2.25 bits per heavy atom. The van der Waals surface area contributed by atoms with Gasteiger partial charge in [-0.15, -0.1) is 0 Å². The summed E-state index contributed by atoms with van der Waals surface area (Å²) >= 11 is 0. The van der Waals surface area contributed by atoms with E-state index in [-0.39, 0.29) is 6.04 Å². The van der Waals surface area contributed by atoms with Crippen LogP contribution in [0, 0.1) is 0 Å². The fraction of sp³-hybridized carbons (Fsp3) is 0.667. The van der Waals surface area contributed by atoms with Crippen LogP contribution in [0.3, 0.4) is 0 Å². The molecule has 0 spiro atoms. The number of rotatable bonds is 3. The Morgan fingerprint density at radius 3 is 2.75 bits per heavy atom. The second kappa shape index (κ2) is 2.63. The lowest BCUT2D eigenvalue weighted by Gasteiger charge is -2.15. The third kappa shape index (κ3) is 1.54. The maximum absolute atomic E-state index is 11.4. The van der Waals surface area contributed by atoms with Crippen LogP contribution in [0.2, 0.25) is 0 Å². The largest absolute Gasteiger partial charge is 0.372 e. The van der Waals surface area contributed by atoms with E-state index in [0.717, 1.165) is 12.8 Å². The zero-order valence-electron chi connectivity index (χ0n) is 6.53. The van der Waals surface area contributed by atoms with Gasteiger partial charge in [-0.05, 0) is 12.8 Å². The smallest absolute Gasteiger partial charge is 0.302 e. The molecule has 0 aromatic rings. The monoisotopic (exact) mass is 189 g/mol. The maximum Gasteiger partial charge on any atom is 0.302 e. The van der Waals surface area contributed by atoms with E-state index in [0.29, 0.717) is 6.67 Å². The van der Waals surface area contributed by atoms with Crippen molar-refractivity contribution in [3.63, 3.8) is 0 Å². The maximum atomic E-state index is 11.4. The molecule has 0 bridgehead atoms. The van der Waals surface area contributed by atoms with Gasteiger partial charge in [-0.1, -0.05) is 0 Å². The van der Waals surface area contributed by atoms with E-state index >= 15 is 0 Å². The zero-order chi connectivity index (χ0) is 8.60. The van der Waals surface area contributed by atoms with E-state index < -0.39 is 10.2 Å². The van der Waals surface area contributed by atoms with Crippen LogP contribution in [-0.2, 0) is 10.2 Å². The van der Waals surface area contributed by atoms with Gasteiger partial charge in [0.15, 0.2) is 0 Å². The summed E-state index contributed by atoms with van der Waals surface area (Å²) in [5.74, 6) is 0. The van der Waals surface area contributed by atoms with Crippen molar-refractivity contribution < 1.29 is 8.42 Å². The summed E-state index contributed by atoms with van der Waals surface area (Å²) in [5.41, 5.74) is 0. The molecule has 2 aliphatic rings. The lowest BCUT2D eigenvalue weighted by atomic mass is 10.8. The van der Waals surface area contributed by atoms with Crippen molar-refractivity contribution in [1.29, 1.82) is 0 Å². The fourth-order valence-corrected chi connectivity index (χ4v) is 2.23. The highest BCUT2D eigenvalue weighted by Crippen LogP contribution is 2.20. The molecule has 0 saturated heterocycles. The van der Waals surface area contributed by atoms with E-state index in [4.69, 9.17) is 0 Å². The third-order valence-corrected chi connectivity index (χ3v) is 3.31. The molecule has 6 heteroatoms. The van der Waals surface area contributed by atoms with Crippen LogP contribution in [0.1, 0.15) is 12.8 Å². The predicted octanol–water partition coefficient (Wildman–Crippen LogP) is -0.683. The molecular formula is C6H11N3O2S. The van der Waals surface area contributed by atoms with Crippen LogP contribution < -0.4 is 10.0 Å². The molecule has 1 aliphatic heterocycles. The number of nitrogens with one attached hydrogen (secondary N) is 2. The van der Waals surface area contributed by atoms with Crippen molar-refractivity contribution in [3.05, 3.63) is 12.4 Å². The highest BCUT2D eigenvalue weighted by atomic mass is 32.2. The van der Waals surface area contributed by atoms with Gasteiger partial charge in [-0.2, -0.15) is 13.1 Å². The fourth-order valence-electron chi connectivity index (χ4n) is 0.976. The van der Waals surface area contributed by atoms with Crippen molar-refractivity contribution in [2.24, 2.45) is 0 Å². The quantitative estimate of drug-likeness (QED) is 0.618. The molecule has 12 heavy (non-hydrogen) atoms. The molecule has 1 fully saturated rings. The van der Waals surface area contributed by atoms with Crippen molar-refractivity contribution in [3.8, 4) is 0 Å². The topological polar surface area (TPSA) is 61.4 Å². The predicted molar refractivity (Wildman–Crippen MR) is 44.1 cm³/mol. The van der Waals surface area contributed by atoms with Gasteiger partial charge in [0, 0.05) is 18.4 Å². The van der Waals surface area contributed by atoms with Crippen molar-refractivity contribution in [2.75, 3.05) is 6.67 Å². The third-order valence-electron chi connectivity index (χ3n) is 1.81. The Bertz CT molecular complexity index is 294. The van der Waals surface area contributed by atoms with Gasteiger partial charge in [0.2, 0.25) is 0 Å². The van der Waals surface area contributed by atoms with Crippen LogP contribution in [0.4, 0.5) is 0 Å². The minimum Gasteiger partial charge on any atom is -0.372 e. The molecule has 2 N–H and O–H groups in total. The normalized spacial score (nSPS) is 22.8. The molecule has 0 radical (unpaired) electrons. The summed E-state index contributed by atoms with van der Waals surface area (Å²) in [6.45, 7) is 0.335. The average Bonchev–Trinajstić information content (AvgIpc) is 2.67. The Morgan fingerprint density at radius 1 is 1.50 bits per heavy atom. The minimum absolute atomic E-state index is 0.170. The lowest BCUT2D eigenvalue weighted by Crippen LogP contribution is -2.39. The van der Waals surface area contributed by atoms with E-state index in [1.807, 2.05) is 0 Å². The van der Waals surface area contributed by atoms with Crippen molar-refractivity contribution >= 4 is 10.2 Å². The Labute approximate surface area is 71.6 Å². The van der Waals surface area contributed by atoms with E-state index in [1.165, 1.54) is 10.5 Å². The first kappa shape index (κ1) is 7.88. The molecule has 1 saturated carbocycles. The lowest BCUT2D eigenvalue weighted by molar-refractivity contribution is 0.492. The molecule has 0 aromatic carbocycles.